The van der Waals surface area contributed by atoms with Crippen molar-refractivity contribution in [1.29, 1.82) is 0 Å². The van der Waals surface area contributed by atoms with Crippen LogP contribution in [0.3, 0.4) is 0 Å². The number of benzene rings is 2. The molecule has 0 spiro atoms. The molecule has 2 N–H and O–H groups in total. The van der Waals surface area contributed by atoms with E-state index in [2.05, 4.69) is 15.7 Å². The van der Waals surface area contributed by atoms with E-state index in [1.165, 1.54) is 12.1 Å². The highest BCUT2D eigenvalue weighted by atomic mass is 19.1. The van der Waals surface area contributed by atoms with Crippen molar-refractivity contribution in [2.45, 2.75) is 12.5 Å². The van der Waals surface area contributed by atoms with Crippen molar-refractivity contribution in [3.8, 4) is 0 Å². The van der Waals surface area contributed by atoms with E-state index in [1.807, 2.05) is 24.3 Å². The van der Waals surface area contributed by atoms with Gasteiger partial charge in [0.2, 0.25) is 0 Å². The van der Waals surface area contributed by atoms with Crippen molar-refractivity contribution < 1.29 is 13.9 Å². The molecule has 1 amide bonds. The van der Waals surface area contributed by atoms with E-state index in [4.69, 9.17) is 4.74 Å². The van der Waals surface area contributed by atoms with E-state index in [1.54, 1.807) is 17.1 Å². The molecule has 140 valence electrons. The van der Waals surface area contributed by atoms with Crippen LogP contribution in [-0.2, 0) is 9.53 Å². The van der Waals surface area contributed by atoms with E-state index < -0.39 is 0 Å². The van der Waals surface area contributed by atoms with E-state index in [0.717, 1.165) is 30.0 Å². The van der Waals surface area contributed by atoms with Crippen LogP contribution in [0.15, 0.2) is 53.6 Å². The minimum absolute atomic E-state index is 0.0481. The first-order valence-corrected chi connectivity index (χ1v) is 9.03. The number of anilines is 2. The van der Waals surface area contributed by atoms with Crippen molar-refractivity contribution in [2.75, 3.05) is 36.6 Å². The van der Waals surface area contributed by atoms with Crippen LogP contribution in [-0.4, -0.2) is 37.9 Å². The van der Waals surface area contributed by atoms with E-state index in [-0.39, 0.29) is 17.8 Å². The number of carbonyl (C=O) groups is 1. The van der Waals surface area contributed by atoms with Crippen LogP contribution in [0, 0.1) is 5.82 Å². The van der Waals surface area contributed by atoms with Gasteiger partial charge in [-0.2, -0.15) is 5.10 Å². The number of amides is 1. The molecule has 0 radical (unpaired) electrons. The summed E-state index contributed by atoms with van der Waals surface area (Å²) in [5, 5.41) is 12.3. The standard InChI is InChI=1S/C20H21FN4O2/c21-15-3-7-17(8-4-15)25-11-9-18(24-25)20(26)23-16-5-1-14(2-6-16)19-13-22-10-12-27-19/h1-8,19,22H,9-13H2,(H,23,26)/t19-/m1/s1. The van der Waals surface area contributed by atoms with Gasteiger partial charge in [-0.1, -0.05) is 12.1 Å². The number of nitrogens with zero attached hydrogens (tertiary/aromatic N) is 2. The molecule has 2 aliphatic rings. The summed E-state index contributed by atoms with van der Waals surface area (Å²) in [7, 11) is 0. The number of hydrazone groups is 1. The number of morpholine rings is 1. The zero-order valence-electron chi connectivity index (χ0n) is 14.8. The van der Waals surface area contributed by atoms with Gasteiger partial charge >= 0.3 is 0 Å². The summed E-state index contributed by atoms with van der Waals surface area (Å²) in [6, 6.07) is 13.8. The predicted octanol–water partition coefficient (Wildman–Crippen LogP) is 2.69. The average molecular weight is 368 g/mol. The topological polar surface area (TPSA) is 66.0 Å². The zero-order valence-corrected chi connectivity index (χ0v) is 14.8. The Bertz CT molecular complexity index is 830. The van der Waals surface area contributed by atoms with Crippen LogP contribution in [0.5, 0.6) is 0 Å². The molecule has 1 atom stereocenters. The molecule has 7 heteroatoms. The number of nitrogens with one attached hydrogen (secondary N) is 2. The fourth-order valence-electron chi connectivity index (χ4n) is 3.18. The van der Waals surface area contributed by atoms with Gasteiger partial charge in [-0.15, -0.1) is 0 Å². The zero-order chi connectivity index (χ0) is 18.6. The summed E-state index contributed by atoms with van der Waals surface area (Å²) in [5.74, 6) is -0.513. The highest BCUT2D eigenvalue weighted by Gasteiger charge is 2.22. The first-order valence-electron chi connectivity index (χ1n) is 9.03. The number of hydrogen-bond donors (Lipinski definition) is 2. The van der Waals surface area contributed by atoms with Gasteiger partial charge in [-0.25, -0.2) is 4.39 Å². The van der Waals surface area contributed by atoms with Gasteiger partial charge in [0.05, 0.1) is 18.4 Å². The Morgan fingerprint density at radius 3 is 2.67 bits per heavy atom. The van der Waals surface area contributed by atoms with Crippen LogP contribution in [0.2, 0.25) is 0 Å². The average Bonchev–Trinajstić information content (AvgIpc) is 3.20. The highest BCUT2D eigenvalue weighted by molar-refractivity contribution is 6.43. The lowest BCUT2D eigenvalue weighted by Gasteiger charge is -2.24. The van der Waals surface area contributed by atoms with Gasteiger partial charge in [0, 0.05) is 31.7 Å². The second-order valence-corrected chi connectivity index (χ2v) is 6.54. The maximum absolute atomic E-state index is 13.0. The normalized spacial score (nSPS) is 19.7. The van der Waals surface area contributed by atoms with Crippen LogP contribution in [0.4, 0.5) is 15.8 Å². The number of ether oxygens (including phenoxy) is 1. The lowest BCUT2D eigenvalue weighted by Crippen LogP contribution is -2.33. The van der Waals surface area contributed by atoms with Gasteiger partial charge in [0.1, 0.15) is 11.5 Å². The Balaban J connectivity index is 1.38. The number of carbonyl (C=O) groups excluding carboxylic acids is 1. The van der Waals surface area contributed by atoms with Crippen LogP contribution in [0.1, 0.15) is 18.1 Å². The molecular formula is C20H21FN4O2. The van der Waals surface area contributed by atoms with Crippen molar-refractivity contribution in [3.05, 3.63) is 59.9 Å². The molecule has 2 heterocycles. The van der Waals surface area contributed by atoms with Crippen LogP contribution in [0.25, 0.3) is 0 Å². The van der Waals surface area contributed by atoms with Crippen molar-refractivity contribution in [3.63, 3.8) is 0 Å². The first-order chi connectivity index (χ1) is 13.2. The van der Waals surface area contributed by atoms with E-state index >= 15 is 0 Å². The molecule has 2 aromatic carbocycles. The fourth-order valence-corrected chi connectivity index (χ4v) is 3.18. The van der Waals surface area contributed by atoms with Crippen LogP contribution >= 0.6 is 0 Å². The molecule has 0 saturated carbocycles. The molecular weight excluding hydrogens is 347 g/mol. The Labute approximate surface area is 157 Å². The number of rotatable bonds is 4. The second kappa shape index (κ2) is 7.85. The Morgan fingerprint density at radius 1 is 1.19 bits per heavy atom. The molecule has 6 nitrogen and oxygen atoms in total. The summed E-state index contributed by atoms with van der Waals surface area (Å²) in [4.78, 5) is 12.5. The van der Waals surface area contributed by atoms with Gasteiger partial charge in [0.25, 0.3) is 5.91 Å². The fraction of sp³-hybridized carbons (Fsp3) is 0.300. The predicted molar refractivity (Wildman–Crippen MR) is 102 cm³/mol. The molecule has 0 aromatic heterocycles. The van der Waals surface area contributed by atoms with Crippen molar-refractivity contribution >= 4 is 23.0 Å². The molecule has 2 aromatic rings. The van der Waals surface area contributed by atoms with Crippen molar-refractivity contribution in [2.24, 2.45) is 5.10 Å². The summed E-state index contributed by atoms with van der Waals surface area (Å²) in [6.07, 6.45) is 0.593. The summed E-state index contributed by atoms with van der Waals surface area (Å²) >= 11 is 0. The number of hydrogen-bond acceptors (Lipinski definition) is 5. The quantitative estimate of drug-likeness (QED) is 0.871. The van der Waals surface area contributed by atoms with Gasteiger partial charge in [-0.05, 0) is 42.0 Å². The third kappa shape index (κ3) is 4.15. The number of halogens is 1. The summed E-state index contributed by atoms with van der Waals surface area (Å²) in [5.41, 5.74) is 3.03. The third-order valence-electron chi connectivity index (χ3n) is 4.66. The first kappa shape index (κ1) is 17.6. The summed E-state index contributed by atoms with van der Waals surface area (Å²) in [6.45, 7) is 2.97. The van der Waals surface area contributed by atoms with Crippen molar-refractivity contribution in [1.82, 2.24) is 5.32 Å². The monoisotopic (exact) mass is 368 g/mol. The highest BCUT2D eigenvalue weighted by Crippen LogP contribution is 2.22. The van der Waals surface area contributed by atoms with E-state index in [9.17, 15) is 9.18 Å². The van der Waals surface area contributed by atoms with Crippen LogP contribution < -0.4 is 15.6 Å². The smallest absolute Gasteiger partial charge is 0.271 e. The largest absolute Gasteiger partial charge is 0.371 e. The Hall–Kier alpha value is -2.77. The molecule has 0 aliphatic carbocycles. The molecule has 4 rings (SSSR count). The third-order valence-corrected chi connectivity index (χ3v) is 4.66. The molecule has 2 aliphatic heterocycles. The molecule has 0 unspecified atom stereocenters. The SMILES string of the molecule is O=C(Nc1ccc([C@H]2CNCCO2)cc1)C1=NN(c2ccc(F)cc2)CC1. The molecule has 0 bridgehead atoms. The maximum Gasteiger partial charge on any atom is 0.271 e. The Kier molecular flexibility index (Phi) is 5.13. The lowest BCUT2D eigenvalue weighted by molar-refractivity contribution is -0.110. The van der Waals surface area contributed by atoms with Gasteiger partial charge in [0.15, 0.2) is 0 Å². The lowest BCUT2D eigenvalue weighted by atomic mass is 10.1. The van der Waals surface area contributed by atoms with Gasteiger partial charge in [-0.3, -0.25) is 9.80 Å². The minimum atomic E-state index is -0.294. The molecule has 27 heavy (non-hydrogen) atoms. The Morgan fingerprint density at radius 2 is 1.96 bits per heavy atom. The van der Waals surface area contributed by atoms with Gasteiger partial charge < -0.3 is 15.4 Å². The second-order valence-electron chi connectivity index (χ2n) is 6.54. The molecule has 1 saturated heterocycles. The summed E-state index contributed by atoms with van der Waals surface area (Å²) < 4.78 is 18.8. The minimum Gasteiger partial charge on any atom is -0.371 e. The maximum atomic E-state index is 13.0. The van der Waals surface area contributed by atoms with E-state index in [0.29, 0.717) is 25.3 Å². The molecule has 1 fully saturated rings.